The molecule has 2 aromatic rings. The largest absolute Gasteiger partial charge is 0.347 e. The second kappa shape index (κ2) is 8.87. The Morgan fingerprint density at radius 1 is 1.18 bits per heavy atom. The average Bonchev–Trinajstić information content (AvgIpc) is 3.12. The Kier molecular flexibility index (Phi) is 6.29. The molecule has 6 nitrogen and oxygen atoms in total. The van der Waals surface area contributed by atoms with E-state index in [1.54, 1.807) is 6.08 Å². The van der Waals surface area contributed by atoms with Crippen LogP contribution in [0.15, 0.2) is 30.9 Å². The number of fused-ring (bicyclic) bond motifs is 1. The zero-order chi connectivity index (χ0) is 20.1. The van der Waals surface area contributed by atoms with Gasteiger partial charge in [-0.3, -0.25) is 9.59 Å². The first-order valence-electron chi connectivity index (χ1n) is 10.0. The van der Waals surface area contributed by atoms with E-state index in [1.165, 1.54) is 0 Å². The number of imidazole rings is 1. The van der Waals surface area contributed by atoms with Gasteiger partial charge in [0.25, 0.3) is 11.8 Å². The van der Waals surface area contributed by atoms with E-state index < -0.39 is 0 Å². The molecule has 6 heteroatoms. The summed E-state index contributed by atoms with van der Waals surface area (Å²) in [5, 5.41) is 5.85. The molecule has 2 amide bonds. The van der Waals surface area contributed by atoms with Crippen LogP contribution in [0.4, 0.5) is 5.69 Å². The third kappa shape index (κ3) is 3.86. The van der Waals surface area contributed by atoms with Gasteiger partial charge in [0.15, 0.2) is 5.82 Å². The van der Waals surface area contributed by atoms with Crippen LogP contribution in [0.3, 0.4) is 0 Å². The number of carbonyl (C=O) groups excluding carboxylic acids is 2. The number of nitrogens with one attached hydrogen (secondary N) is 2. The van der Waals surface area contributed by atoms with Crippen molar-refractivity contribution in [1.29, 1.82) is 0 Å². The molecule has 0 bridgehead atoms. The van der Waals surface area contributed by atoms with E-state index in [0.29, 0.717) is 24.6 Å². The summed E-state index contributed by atoms with van der Waals surface area (Å²) in [6, 6.07) is 6.08. The number of rotatable bonds is 7. The Morgan fingerprint density at radius 3 is 2.54 bits per heavy atom. The number of hydrogen-bond acceptors (Lipinski definition) is 3. The molecule has 28 heavy (non-hydrogen) atoms. The average molecular weight is 380 g/mol. The standard InChI is InChI=1S/C22H28N4O2/c1-4-13-23-21(27)19-17-12-7-8-14-26(17)20(24-19)22(28)25-18-15(5-2)10-9-11-16(18)6-3/h4,9-11H,1,5-8,12-14H2,2-3H3,(H,23,27)(H,25,28). The summed E-state index contributed by atoms with van der Waals surface area (Å²) < 4.78 is 1.90. The number of hydrogen-bond donors (Lipinski definition) is 2. The first-order valence-corrected chi connectivity index (χ1v) is 10.0. The van der Waals surface area contributed by atoms with Crippen LogP contribution in [0, 0.1) is 0 Å². The van der Waals surface area contributed by atoms with E-state index in [0.717, 1.165) is 54.6 Å². The van der Waals surface area contributed by atoms with Crippen molar-refractivity contribution in [3.63, 3.8) is 0 Å². The van der Waals surface area contributed by atoms with Gasteiger partial charge in [0.05, 0.1) is 5.69 Å². The topological polar surface area (TPSA) is 76.0 Å². The zero-order valence-electron chi connectivity index (χ0n) is 16.7. The summed E-state index contributed by atoms with van der Waals surface area (Å²) >= 11 is 0. The Morgan fingerprint density at radius 2 is 1.89 bits per heavy atom. The van der Waals surface area contributed by atoms with Gasteiger partial charge in [0, 0.05) is 18.8 Å². The monoisotopic (exact) mass is 380 g/mol. The molecule has 0 unspecified atom stereocenters. The van der Waals surface area contributed by atoms with E-state index in [2.05, 4.69) is 36.0 Å². The molecule has 3 rings (SSSR count). The Hall–Kier alpha value is -2.89. The summed E-state index contributed by atoms with van der Waals surface area (Å²) in [5.74, 6) is -0.208. The molecule has 0 radical (unpaired) electrons. The molecule has 1 aromatic carbocycles. The third-order valence-electron chi connectivity index (χ3n) is 5.18. The minimum absolute atomic E-state index is 0.257. The lowest BCUT2D eigenvalue weighted by Gasteiger charge is -2.18. The van der Waals surface area contributed by atoms with Crippen LogP contribution in [0.2, 0.25) is 0 Å². The number of anilines is 1. The van der Waals surface area contributed by atoms with E-state index >= 15 is 0 Å². The summed E-state index contributed by atoms with van der Waals surface area (Å²) in [6.07, 6.45) is 6.01. The van der Waals surface area contributed by atoms with Crippen LogP contribution in [0.1, 0.15) is 64.6 Å². The molecule has 0 saturated heterocycles. The highest BCUT2D eigenvalue weighted by Crippen LogP contribution is 2.25. The van der Waals surface area contributed by atoms with Crippen molar-refractivity contribution in [2.75, 3.05) is 11.9 Å². The van der Waals surface area contributed by atoms with Crippen molar-refractivity contribution in [3.05, 3.63) is 59.2 Å². The number of nitrogens with zero attached hydrogens (tertiary/aromatic N) is 2. The van der Waals surface area contributed by atoms with Gasteiger partial charge in [-0.05, 0) is 43.2 Å². The molecule has 2 heterocycles. The van der Waals surface area contributed by atoms with Crippen molar-refractivity contribution < 1.29 is 9.59 Å². The maximum Gasteiger partial charge on any atom is 0.291 e. The van der Waals surface area contributed by atoms with Gasteiger partial charge in [0.1, 0.15) is 5.69 Å². The lowest BCUT2D eigenvalue weighted by atomic mass is 10.0. The van der Waals surface area contributed by atoms with Gasteiger partial charge in [-0.25, -0.2) is 4.98 Å². The quantitative estimate of drug-likeness (QED) is 0.722. The Balaban J connectivity index is 1.96. The molecule has 0 aliphatic carbocycles. The minimum atomic E-state index is -0.262. The number of aryl methyl sites for hydroxylation is 2. The van der Waals surface area contributed by atoms with Crippen LogP contribution in [-0.4, -0.2) is 27.9 Å². The van der Waals surface area contributed by atoms with Crippen LogP contribution in [-0.2, 0) is 25.8 Å². The fourth-order valence-corrected chi connectivity index (χ4v) is 3.72. The highest BCUT2D eigenvalue weighted by molar-refractivity contribution is 6.04. The van der Waals surface area contributed by atoms with Crippen LogP contribution >= 0.6 is 0 Å². The maximum absolute atomic E-state index is 13.1. The highest BCUT2D eigenvalue weighted by atomic mass is 16.2. The van der Waals surface area contributed by atoms with Crippen molar-refractivity contribution in [2.24, 2.45) is 0 Å². The molecule has 0 atom stereocenters. The number of amides is 2. The molecule has 1 aliphatic rings. The number of carbonyl (C=O) groups is 2. The second-order valence-corrected chi connectivity index (χ2v) is 6.95. The minimum Gasteiger partial charge on any atom is -0.347 e. The van der Waals surface area contributed by atoms with Crippen molar-refractivity contribution in [2.45, 2.75) is 52.5 Å². The number of benzene rings is 1. The molecular formula is C22H28N4O2. The fourth-order valence-electron chi connectivity index (χ4n) is 3.72. The van der Waals surface area contributed by atoms with Gasteiger partial charge in [-0.2, -0.15) is 0 Å². The summed E-state index contributed by atoms with van der Waals surface area (Å²) in [5.41, 5.74) is 4.26. The lowest BCUT2D eigenvalue weighted by molar-refractivity contribution is 0.0952. The highest BCUT2D eigenvalue weighted by Gasteiger charge is 2.27. The predicted molar refractivity (Wildman–Crippen MR) is 111 cm³/mol. The SMILES string of the molecule is C=CCNC(=O)c1nc(C(=O)Nc2c(CC)cccc2CC)n2c1CCCC2. The first-order chi connectivity index (χ1) is 13.6. The summed E-state index contributed by atoms with van der Waals surface area (Å²) in [4.78, 5) is 30.1. The van der Waals surface area contributed by atoms with E-state index in [-0.39, 0.29) is 11.8 Å². The molecule has 0 spiro atoms. The lowest BCUT2D eigenvalue weighted by Crippen LogP contribution is -2.25. The smallest absolute Gasteiger partial charge is 0.291 e. The summed E-state index contributed by atoms with van der Waals surface area (Å²) in [6.45, 7) is 8.84. The predicted octanol–water partition coefficient (Wildman–Crippen LogP) is 3.51. The van der Waals surface area contributed by atoms with Crippen molar-refractivity contribution in [3.8, 4) is 0 Å². The molecular weight excluding hydrogens is 352 g/mol. The Labute approximate surface area is 166 Å². The maximum atomic E-state index is 13.1. The van der Waals surface area contributed by atoms with Crippen molar-refractivity contribution >= 4 is 17.5 Å². The molecule has 1 aliphatic heterocycles. The van der Waals surface area contributed by atoms with Crippen LogP contribution in [0.25, 0.3) is 0 Å². The normalized spacial score (nSPS) is 12.9. The zero-order valence-corrected chi connectivity index (χ0v) is 16.7. The Bertz CT molecular complexity index is 876. The first kappa shape index (κ1) is 19.9. The molecule has 1 aromatic heterocycles. The molecule has 2 N–H and O–H groups in total. The van der Waals surface area contributed by atoms with Crippen molar-refractivity contribution in [1.82, 2.24) is 14.9 Å². The van der Waals surface area contributed by atoms with E-state index in [4.69, 9.17) is 0 Å². The second-order valence-electron chi connectivity index (χ2n) is 6.95. The fraction of sp³-hybridized carbons (Fsp3) is 0.409. The van der Waals surface area contributed by atoms with Gasteiger partial charge < -0.3 is 15.2 Å². The number of aromatic nitrogens is 2. The summed E-state index contributed by atoms with van der Waals surface area (Å²) in [7, 11) is 0. The number of para-hydroxylation sites is 1. The van der Waals surface area contributed by atoms with Crippen LogP contribution in [0.5, 0.6) is 0 Å². The molecule has 148 valence electrons. The molecule has 0 fully saturated rings. The van der Waals surface area contributed by atoms with E-state index in [1.807, 2.05) is 22.8 Å². The third-order valence-corrected chi connectivity index (χ3v) is 5.18. The van der Waals surface area contributed by atoms with Gasteiger partial charge in [-0.1, -0.05) is 38.1 Å². The van der Waals surface area contributed by atoms with Gasteiger partial charge >= 0.3 is 0 Å². The van der Waals surface area contributed by atoms with Gasteiger partial charge in [-0.15, -0.1) is 6.58 Å². The van der Waals surface area contributed by atoms with Gasteiger partial charge in [0.2, 0.25) is 0 Å². The van der Waals surface area contributed by atoms with E-state index in [9.17, 15) is 9.59 Å². The van der Waals surface area contributed by atoms with Crippen LogP contribution < -0.4 is 10.6 Å². The molecule has 0 saturated carbocycles.